The summed E-state index contributed by atoms with van der Waals surface area (Å²) in [5.41, 5.74) is 3.55. The maximum atomic E-state index is 10.9. The molecule has 0 saturated heterocycles. The molecule has 0 unspecified atom stereocenters. The number of aromatic nitrogens is 3. The minimum Gasteiger partial charge on any atom is -0.505 e. The van der Waals surface area contributed by atoms with Crippen molar-refractivity contribution in [2.75, 3.05) is 0 Å². The minimum absolute atomic E-state index is 0.0678. The van der Waals surface area contributed by atoms with Crippen LogP contribution in [0.4, 0.5) is 0 Å². The largest absolute Gasteiger partial charge is 0.505 e. The summed E-state index contributed by atoms with van der Waals surface area (Å²) < 4.78 is 0. The predicted molar refractivity (Wildman–Crippen MR) is 102 cm³/mol. The summed E-state index contributed by atoms with van der Waals surface area (Å²) in [5.74, 6) is 0.195. The first-order chi connectivity index (χ1) is 11.4. The molecule has 1 heterocycles. The molecule has 0 bridgehead atoms. The van der Waals surface area contributed by atoms with E-state index in [1.54, 1.807) is 0 Å². The number of hydrogen-bond acceptors (Lipinski definition) is 5. The van der Waals surface area contributed by atoms with Gasteiger partial charge in [-0.1, -0.05) is 47.6 Å². The lowest BCUT2D eigenvalue weighted by molar-refractivity contribution is 0.438. The monoisotopic (exact) mass is 341 g/mol. The molecule has 0 aliphatic heterocycles. The highest BCUT2D eigenvalue weighted by Gasteiger charge is 2.26. The second-order valence-electron chi connectivity index (χ2n) is 8.24. The zero-order valence-electron chi connectivity index (χ0n) is 16.1. The van der Waals surface area contributed by atoms with Crippen molar-refractivity contribution < 1.29 is 5.11 Å². The van der Waals surface area contributed by atoms with Crippen molar-refractivity contribution in [2.24, 2.45) is 10.2 Å². The van der Waals surface area contributed by atoms with Crippen LogP contribution in [0, 0.1) is 6.92 Å². The van der Waals surface area contributed by atoms with Gasteiger partial charge in [0.15, 0.2) is 0 Å². The van der Waals surface area contributed by atoms with E-state index in [2.05, 4.69) is 74.7 Å². The molecule has 2 aromatic rings. The SMILES string of the molecule is C=N/N=C\c1nn(-c2cc(C(C)(C)C)cc(C(C)(C)C)c2O)nc1C. The van der Waals surface area contributed by atoms with Gasteiger partial charge in [0.25, 0.3) is 0 Å². The Morgan fingerprint density at radius 1 is 1.08 bits per heavy atom. The molecule has 25 heavy (non-hydrogen) atoms. The van der Waals surface area contributed by atoms with Crippen LogP contribution in [0.15, 0.2) is 22.3 Å². The molecule has 0 saturated carbocycles. The summed E-state index contributed by atoms with van der Waals surface area (Å²) >= 11 is 0. The molecule has 0 atom stereocenters. The van der Waals surface area contributed by atoms with Gasteiger partial charge in [-0.15, -0.1) is 9.90 Å². The Hall–Kier alpha value is -2.50. The van der Waals surface area contributed by atoms with E-state index >= 15 is 0 Å². The van der Waals surface area contributed by atoms with Crippen LogP contribution in [0.1, 0.15) is 64.1 Å². The topological polar surface area (TPSA) is 75.7 Å². The summed E-state index contributed by atoms with van der Waals surface area (Å²) in [6.07, 6.45) is 1.50. The van der Waals surface area contributed by atoms with Gasteiger partial charge in [0, 0.05) is 12.3 Å². The Morgan fingerprint density at radius 2 is 1.72 bits per heavy atom. The average Bonchev–Trinajstić information content (AvgIpc) is 2.83. The molecular formula is C19H27N5O. The number of phenolic OH excluding ortho intramolecular Hbond substituents is 1. The summed E-state index contributed by atoms with van der Waals surface area (Å²) in [4.78, 5) is 1.46. The zero-order valence-corrected chi connectivity index (χ0v) is 16.1. The van der Waals surface area contributed by atoms with Crippen LogP contribution < -0.4 is 0 Å². The Balaban J connectivity index is 2.72. The number of aromatic hydroxyl groups is 1. The Labute approximate surface area is 149 Å². The van der Waals surface area contributed by atoms with Gasteiger partial charge in [-0.3, -0.25) is 0 Å². The van der Waals surface area contributed by atoms with Crippen LogP contribution in [-0.2, 0) is 10.8 Å². The van der Waals surface area contributed by atoms with Crippen molar-refractivity contribution in [3.05, 3.63) is 34.6 Å². The van der Waals surface area contributed by atoms with Crippen LogP contribution in [0.5, 0.6) is 5.75 Å². The lowest BCUT2D eigenvalue weighted by Crippen LogP contribution is -2.18. The number of rotatable bonds is 3. The summed E-state index contributed by atoms with van der Waals surface area (Å²) in [6, 6.07) is 4.01. The van der Waals surface area contributed by atoms with Crippen molar-refractivity contribution in [1.29, 1.82) is 0 Å². The van der Waals surface area contributed by atoms with Crippen LogP contribution in [0.25, 0.3) is 5.69 Å². The maximum absolute atomic E-state index is 10.9. The van der Waals surface area contributed by atoms with Gasteiger partial charge in [-0.05, 0) is 29.4 Å². The summed E-state index contributed by atoms with van der Waals surface area (Å²) in [5, 5.41) is 27.0. The lowest BCUT2D eigenvalue weighted by atomic mass is 9.80. The molecule has 0 spiro atoms. The average molecular weight is 341 g/mol. The van der Waals surface area contributed by atoms with Crippen LogP contribution in [0.3, 0.4) is 0 Å². The minimum atomic E-state index is -0.209. The molecule has 2 rings (SSSR count). The third-order valence-corrected chi connectivity index (χ3v) is 4.06. The van der Waals surface area contributed by atoms with E-state index in [0.717, 1.165) is 11.1 Å². The first-order valence-corrected chi connectivity index (χ1v) is 8.26. The lowest BCUT2D eigenvalue weighted by Gasteiger charge is -2.27. The van der Waals surface area contributed by atoms with Crippen molar-refractivity contribution in [1.82, 2.24) is 15.0 Å². The van der Waals surface area contributed by atoms with Crippen molar-refractivity contribution in [3.63, 3.8) is 0 Å². The Bertz CT molecular complexity index is 820. The van der Waals surface area contributed by atoms with Gasteiger partial charge >= 0.3 is 0 Å². The van der Waals surface area contributed by atoms with Crippen LogP contribution in [0.2, 0.25) is 0 Å². The zero-order chi connectivity index (χ0) is 19.0. The highest BCUT2D eigenvalue weighted by atomic mass is 16.3. The molecule has 134 valence electrons. The van der Waals surface area contributed by atoms with Gasteiger partial charge in [-0.25, -0.2) is 0 Å². The number of aryl methyl sites for hydroxylation is 1. The first kappa shape index (κ1) is 18.8. The van der Waals surface area contributed by atoms with Gasteiger partial charge in [-0.2, -0.15) is 15.3 Å². The molecule has 0 fully saturated rings. The number of hydrogen-bond donors (Lipinski definition) is 1. The molecular weight excluding hydrogens is 314 g/mol. The van der Waals surface area contributed by atoms with Gasteiger partial charge in [0.2, 0.25) is 0 Å². The van der Waals surface area contributed by atoms with E-state index in [1.807, 2.05) is 13.0 Å². The maximum Gasteiger partial charge on any atom is 0.146 e. The van der Waals surface area contributed by atoms with E-state index in [-0.39, 0.29) is 16.6 Å². The van der Waals surface area contributed by atoms with E-state index < -0.39 is 0 Å². The molecule has 1 aromatic carbocycles. The third-order valence-electron chi connectivity index (χ3n) is 4.06. The molecule has 0 amide bonds. The second kappa shape index (κ2) is 6.43. The van der Waals surface area contributed by atoms with Gasteiger partial charge in [0.05, 0.1) is 11.9 Å². The quantitative estimate of drug-likeness (QED) is 0.679. The van der Waals surface area contributed by atoms with Crippen LogP contribution >= 0.6 is 0 Å². The third kappa shape index (κ3) is 3.95. The number of benzene rings is 1. The van der Waals surface area contributed by atoms with Gasteiger partial charge < -0.3 is 5.11 Å². The van der Waals surface area contributed by atoms with E-state index in [0.29, 0.717) is 17.1 Å². The molecule has 0 radical (unpaired) electrons. The second-order valence-corrected chi connectivity index (χ2v) is 8.24. The number of phenols is 1. The van der Waals surface area contributed by atoms with Crippen molar-refractivity contribution in [3.8, 4) is 11.4 Å². The van der Waals surface area contributed by atoms with Crippen molar-refractivity contribution in [2.45, 2.75) is 59.3 Å². The highest BCUT2D eigenvalue weighted by molar-refractivity contribution is 5.78. The van der Waals surface area contributed by atoms with Gasteiger partial charge in [0.1, 0.15) is 17.1 Å². The molecule has 0 aliphatic rings. The normalized spacial score (nSPS) is 12.8. The fraction of sp³-hybridized carbons (Fsp3) is 0.474. The fourth-order valence-electron chi connectivity index (χ4n) is 2.49. The summed E-state index contributed by atoms with van der Waals surface area (Å²) in [7, 11) is 0. The fourth-order valence-corrected chi connectivity index (χ4v) is 2.49. The molecule has 6 nitrogen and oxygen atoms in total. The Kier molecular flexibility index (Phi) is 4.84. The number of nitrogens with zero attached hydrogens (tertiary/aromatic N) is 5. The van der Waals surface area contributed by atoms with E-state index in [4.69, 9.17) is 0 Å². The summed E-state index contributed by atoms with van der Waals surface area (Å²) in [6.45, 7) is 17.8. The van der Waals surface area contributed by atoms with Crippen LogP contribution in [-0.4, -0.2) is 33.0 Å². The van der Waals surface area contributed by atoms with E-state index in [9.17, 15) is 5.11 Å². The van der Waals surface area contributed by atoms with Crippen molar-refractivity contribution >= 4 is 12.9 Å². The first-order valence-electron chi connectivity index (χ1n) is 8.26. The molecule has 1 aromatic heterocycles. The molecule has 6 heteroatoms. The molecule has 0 aliphatic carbocycles. The highest BCUT2D eigenvalue weighted by Crippen LogP contribution is 2.38. The standard InChI is InChI=1S/C19H27N5O/c1-12-15(11-21-20-8)23-24(22-12)16-10-13(18(2,3)4)9-14(17(16)25)19(5,6)7/h9-11,25H,8H2,1-7H3/b21-11-. The predicted octanol–water partition coefficient (Wildman–Crippen LogP) is 3.91. The smallest absolute Gasteiger partial charge is 0.146 e. The Morgan fingerprint density at radius 3 is 2.24 bits per heavy atom. The van der Waals surface area contributed by atoms with E-state index in [1.165, 1.54) is 11.0 Å². The molecule has 1 N–H and O–H groups in total.